The Morgan fingerprint density at radius 2 is 2.17 bits per heavy atom. The number of alkyl halides is 1. The van der Waals surface area contributed by atoms with Crippen molar-refractivity contribution in [1.82, 2.24) is 0 Å². The zero-order valence-electron chi connectivity index (χ0n) is 11.1. The second-order valence-corrected chi connectivity index (χ2v) is 6.12. The Bertz CT molecular complexity index is 458. The Balaban J connectivity index is 2.33. The van der Waals surface area contributed by atoms with Crippen molar-refractivity contribution in [2.75, 3.05) is 13.7 Å². The summed E-state index contributed by atoms with van der Waals surface area (Å²) < 4.78 is 11.2. The van der Waals surface area contributed by atoms with Gasteiger partial charge in [-0.1, -0.05) is 6.08 Å². The molecule has 0 radical (unpaired) electrons. The fourth-order valence-electron chi connectivity index (χ4n) is 2.09. The van der Waals surface area contributed by atoms with E-state index < -0.39 is 0 Å². The lowest BCUT2D eigenvalue weighted by atomic mass is 9.97. The Morgan fingerprint density at radius 3 is 2.83 bits per heavy atom. The van der Waals surface area contributed by atoms with Gasteiger partial charge >= 0.3 is 0 Å². The highest BCUT2D eigenvalue weighted by atomic mass is 35.5. The summed E-state index contributed by atoms with van der Waals surface area (Å²) in [5.74, 6) is 1.82. The molecule has 0 saturated heterocycles. The molecule has 0 unspecified atom stereocenters. The first-order valence-corrected chi connectivity index (χ1v) is 6.57. The first-order chi connectivity index (χ1) is 8.51. The van der Waals surface area contributed by atoms with E-state index >= 15 is 0 Å². The number of methoxy groups -OCH3 is 1. The molecule has 0 amide bonds. The fraction of sp³-hybridized carbons (Fsp3) is 0.467. The highest BCUT2D eigenvalue weighted by Gasteiger charge is 2.20. The second-order valence-electron chi connectivity index (χ2n) is 5.10. The number of halogens is 1. The average molecular weight is 267 g/mol. The van der Waals surface area contributed by atoms with Crippen LogP contribution in [0.5, 0.6) is 11.5 Å². The van der Waals surface area contributed by atoms with Gasteiger partial charge in [0.25, 0.3) is 0 Å². The molecule has 0 aromatic heterocycles. The van der Waals surface area contributed by atoms with E-state index in [4.69, 9.17) is 21.1 Å². The standard InChI is InChI=1S/C15H19ClO2/c1-15(2,16)9-8-12-13(17-3)7-6-11-5-4-10-18-14(11)12/h4-7H,8-10H2,1-3H3. The van der Waals surface area contributed by atoms with Crippen LogP contribution in [0, 0.1) is 0 Å². The van der Waals surface area contributed by atoms with Crippen LogP contribution in [0.3, 0.4) is 0 Å². The first kappa shape index (κ1) is 13.3. The molecule has 1 aromatic rings. The summed E-state index contributed by atoms with van der Waals surface area (Å²) in [4.78, 5) is -0.210. The predicted octanol–water partition coefficient (Wildman–Crippen LogP) is 4.05. The summed E-state index contributed by atoms with van der Waals surface area (Å²) in [5, 5.41) is 0. The molecule has 1 aromatic carbocycles. The van der Waals surface area contributed by atoms with Crippen LogP contribution in [0.4, 0.5) is 0 Å². The third kappa shape index (κ3) is 2.99. The molecule has 0 N–H and O–H groups in total. The van der Waals surface area contributed by atoms with Gasteiger partial charge in [0, 0.05) is 16.0 Å². The van der Waals surface area contributed by atoms with Gasteiger partial charge in [-0.25, -0.2) is 0 Å². The van der Waals surface area contributed by atoms with Gasteiger partial charge in [-0.3, -0.25) is 0 Å². The van der Waals surface area contributed by atoms with Crippen molar-refractivity contribution in [3.8, 4) is 11.5 Å². The topological polar surface area (TPSA) is 18.5 Å². The predicted molar refractivity (Wildman–Crippen MR) is 75.8 cm³/mol. The zero-order valence-corrected chi connectivity index (χ0v) is 11.9. The van der Waals surface area contributed by atoms with Crippen molar-refractivity contribution in [2.45, 2.75) is 31.6 Å². The third-order valence-electron chi connectivity index (χ3n) is 3.06. The molecule has 18 heavy (non-hydrogen) atoms. The molecule has 98 valence electrons. The minimum Gasteiger partial charge on any atom is -0.496 e. The fourth-order valence-corrected chi connectivity index (χ4v) is 2.18. The van der Waals surface area contributed by atoms with E-state index in [1.54, 1.807) is 7.11 Å². The molecule has 0 bridgehead atoms. The van der Waals surface area contributed by atoms with Crippen molar-refractivity contribution < 1.29 is 9.47 Å². The molecular formula is C15H19ClO2. The number of benzene rings is 1. The summed E-state index contributed by atoms with van der Waals surface area (Å²) in [6, 6.07) is 4.02. The van der Waals surface area contributed by atoms with E-state index in [-0.39, 0.29) is 4.87 Å². The van der Waals surface area contributed by atoms with E-state index in [0.29, 0.717) is 6.61 Å². The maximum atomic E-state index is 6.27. The van der Waals surface area contributed by atoms with Crippen LogP contribution in [0.25, 0.3) is 6.08 Å². The highest BCUT2D eigenvalue weighted by molar-refractivity contribution is 6.23. The highest BCUT2D eigenvalue weighted by Crippen LogP contribution is 2.37. The van der Waals surface area contributed by atoms with Crippen molar-refractivity contribution in [2.24, 2.45) is 0 Å². The van der Waals surface area contributed by atoms with E-state index in [2.05, 4.69) is 6.08 Å². The van der Waals surface area contributed by atoms with E-state index in [1.165, 1.54) is 0 Å². The lowest BCUT2D eigenvalue weighted by Crippen LogP contribution is -2.13. The molecule has 0 atom stereocenters. The molecule has 1 heterocycles. The Hall–Kier alpha value is -1.15. The van der Waals surface area contributed by atoms with Crippen LogP contribution >= 0.6 is 11.6 Å². The number of hydrogen-bond acceptors (Lipinski definition) is 2. The quantitative estimate of drug-likeness (QED) is 0.766. The number of hydrogen-bond donors (Lipinski definition) is 0. The van der Waals surface area contributed by atoms with Crippen LogP contribution in [0.2, 0.25) is 0 Å². The van der Waals surface area contributed by atoms with Gasteiger partial charge in [-0.05, 0) is 44.9 Å². The smallest absolute Gasteiger partial charge is 0.133 e. The number of fused-ring (bicyclic) bond motifs is 1. The summed E-state index contributed by atoms with van der Waals surface area (Å²) in [6.07, 6.45) is 5.85. The third-order valence-corrected chi connectivity index (χ3v) is 3.25. The Labute approximate surface area is 114 Å². The van der Waals surface area contributed by atoms with Gasteiger partial charge in [-0.2, -0.15) is 0 Å². The van der Waals surface area contributed by atoms with Gasteiger partial charge < -0.3 is 9.47 Å². The zero-order chi connectivity index (χ0) is 13.2. The Morgan fingerprint density at radius 1 is 1.39 bits per heavy atom. The van der Waals surface area contributed by atoms with Crippen LogP contribution < -0.4 is 9.47 Å². The van der Waals surface area contributed by atoms with Crippen LogP contribution in [-0.2, 0) is 6.42 Å². The summed E-state index contributed by atoms with van der Waals surface area (Å²) >= 11 is 6.27. The number of ether oxygens (including phenoxy) is 2. The van der Waals surface area contributed by atoms with Crippen molar-refractivity contribution in [3.63, 3.8) is 0 Å². The molecule has 0 spiro atoms. The second kappa shape index (κ2) is 5.23. The lowest BCUT2D eigenvalue weighted by molar-refractivity contribution is 0.345. The van der Waals surface area contributed by atoms with Crippen molar-refractivity contribution in [1.29, 1.82) is 0 Å². The van der Waals surface area contributed by atoms with Crippen LogP contribution in [0.15, 0.2) is 18.2 Å². The van der Waals surface area contributed by atoms with Gasteiger partial charge in [0.1, 0.15) is 18.1 Å². The maximum absolute atomic E-state index is 6.27. The molecule has 0 aliphatic carbocycles. The summed E-state index contributed by atoms with van der Waals surface area (Å²) in [7, 11) is 1.69. The Kier molecular flexibility index (Phi) is 3.86. The van der Waals surface area contributed by atoms with Gasteiger partial charge in [0.2, 0.25) is 0 Å². The van der Waals surface area contributed by atoms with Crippen LogP contribution in [0.1, 0.15) is 31.4 Å². The molecule has 1 aliphatic rings. The van der Waals surface area contributed by atoms with Gasteiger partial charge in [-0.15, -0.1) is 11.6 Å². The molecular weight excluding hydrogens is 248 g/mol. The normalized spacial score (nSPS) is 14.0. The average Bonchev–Trinajstić information content (AvgIpc) is 2.34. The molecule has 0 saturated carbocycles. The first-order valence-electron chi connectivity index (χ1n) is 6.19. The molecule has 0 fully saturated rings. The monoisotopic (exact) mass is 266 g/mol. The minimum absolute atomic E-state index is 0.210. The SMILES string of the molecule is COc1ccc2c(c1CCC(C)(C)Cl)OCC=C2. The van der Waals surface area contributed by atoms with E-state index in [1.807, 2.05) is 32.1 Å². The molecule has 1 aliphatic heterocycles. The van der Waals surface area contributed by atoms with E-state index in [0.717, 1.165) is 35.5 Å². The summed E-state index contributed by atoms with van der Waals surface area (Å²) in [6.45, 7) is 4.67. The van der Waals surface area contributed by atoms with Gasteiger partial charge in [0.05, 0.1) is 7.11 Å². The maximum Gasteiger partial charge on any atom is 0.133 e. The minimum atomic E-state index is -0.210. The number of rotatable bonds is 4. The van der Waals surface area contributed by atoms with Crippen molar-refractivity contribution in [3.05, 3.63) is 29.3 Å². The summed E-state index contributed by atoms with van der Waals surface area (Å²) in [5.41, 5.74) is 2.23. The van der Waals surface area contributed by atoms with E-state index in [9.17, 15) is 0 Å². The molecule has 2 rings (SSSR count). The van der Waals surface area contributed by atoms with Crippen LogP contribution in [-0.4, -0.2) is 18.6 Å². The lowest BCUT2D eigenvalue weighted by Gasteiger charge is -2.21. The van der Waals surface area contributed by atoms with Gasteiger partial charge in [0.15, 0.2) is 0 Å². The largest absolute Gasteiger partial charge is 0.496 e. The van der Waals surface area contributed by atoms with Crippen molar-refractivity contribution >= 4 is 17.7 Å². The molecule has 2 nitrogen and oxygen atoms in total. The molecule has 3 heteroatoms.